The zero-order chi connectivity index (χ0) is 16.8. The quantitative estimate of drug-likeness (QED) is 0.738. The van der Waals surface area contributed by atoms with Crippen molar-refractivity contribution in [2.75, 3.05) is 18.5 Å². The second kappa shape index (κ2) is 7.51. The fraction of sp³-hybridized carbons (Fsp3) is 0.150. The standard InChI is InChI=1S/C20H19NO3/c1-2-23-18-9-5-6-10-19(18)24-14-20(22)21-17-12-11-15-7-3-4-8-16(15)13-17/h3-13H,2,14H2,1H3,(H,21,22). The number of nitrogens with one attached hydrogen (secondary N) is 1. The van der Waals surface area contributed by atoms with Crippen molar-refractivity contribution in [1.82, 2.24) is 0 Å². The van der Waals surface area contributed by atoms with Crippen LogP contribution in [0, 0.1) is 0 Å². The summed E-state index contributed by atoms with van der Waals surface area (Å²) in [5, 5.41) is 5.07. The number of carbonyl (C=O) groups is 1. The lowest BCUT2D eigenvalue weighted by molar-refractivity contribution is -0.118. The highest BCUT2D eigenvalue weighted by Crippen LogP contribution is 2.26. The maximum Gasteiger partial charge on any atom is 0.262 e. The molecule has 0 aromatic heterocycles. The second-order valence-electron chi connectivity index (χ2n) is 5.28. The Morgan fingerprint density at radius 3 is 2.29 bits per heavy atom. The van der Waals surface area contributed by atoms with Crippen molar-refractivity contribution in [3.05, 3.63) is 66.7 Å². The first-order valence-corrected chi connectivity index (χ1v) is 7.89. The van der Waals surface area contributed by atoms with Gasteiger partial charge in [-0.2, -0.15) is 0 Å². The third kappa shape index (κ3) is 3.84. The smallest absolute Gasteiger partial charge is 0.262 e. The van der Waals surface area contributed by atoms with Gasteiger partial charge in [-0.05, 0) is 42.0 Å². The molecule has 0 unspecified atom stereocenters. The zero-order valence-electron chi connectivity index (χ0n) is 13.5. The number of benzene rings is 3. The van der Waals surface area contributed by atoms with Gasteiger partial charge in [-0.3, -0.25) is 4.79 Å². The number of carbonyl (C=O) groups excluding carboxylic acids is 1. The van der Waals surface area contributed by atoms with Gasteiger partial charge < -0.3 is 14.8 Å². The predicted molar refractivity (Wildman–Crippen MR) is 95.7 cm³/mol. The molecule has 0 saturated carbocycles. The van der Waals surface area contributed by atoms with E-state index in [-0.39, 0.29) is 12.5 Å². The van der Waals surface area contributed by atoms with E-state index in [0.29, 0.717) is 18.1 Å². The zero-order valence-corrected chi connectivity index (χ0v) is 13.5. The van der Waals surface area contributed by atoms with E-state index in [9.17, 15) is 4.79 Å². The number of rotatable bonds is 6. The fourth-order valence-electron chi connectivity index (χ4n) is 2.45. The molecule has 24 heavy (non-hydrogen) atoms. The summed E-state index contributed by atoms with van der Waals surface area (Å²) in [6.45, 7) is 2.38. The molecule has 1 N–H and O–H groups in total. The summed E-state index contributed by atoms with van der Waals surface area (Å²) >= 11 is 0. The Labute approximate surface area is 141 Å². The van der Waals surface area contributed by atoms with Crippen LogP contribution in [0.25, 0.3) is 10.8 Å². The molecule has 122 valence electrons. The van der Waals surface area contributed by atoms with Gasteiger partial charge in [0, 0.05) is 5.69 Å². The molecule has 4 nitrogen and oxygen atoms in total. The number of para-hydroxylation sites is 2. The van der Waals surface area contributed by atoms with Crippen molar-refractivity contribution < 1.29 is 14.3 Å². The number of ether oxygens (including phenoxy) is 2. The Bertz CT molecular complexity index is 845. The van der Waals surface area contributed by atoms with Gasteiger partial charge >= 0.3 is 0 Å². The second-order valence-corrected chi connectivity index (χ2v) is 5.28. The minimum absolute atomic E-state index is 0.0725. The third-order valence-electron chi connectivity index (χ3n) is 3.54. The first-order chi connectivity index (χ1) is 11.8. The molecular formula is C20H19NO3. The first kappa shape index (κ1) is 15.9. The highest BCUT2D eigenvalue weighted by Gasteiger charge is 2.08. The van der Waals surface area contributed by atoms with E-state index in [0.717, 1.165) is 16.5 Å². The largest absolute Gasteiger partial charge is 0.490 e. The molecule has 0 radical (unpaired) electrons. The topological polar surface area (TPSA) is 47.6 Å². The molecule has 0 fully saturated rings. The van der Waals surface area contributed by atoms with Crippen LogP contribution < -0.4 is 14.8 Å². The van der Waals surface area contributed by atoms with Crippen LogP contribution >= 0.6 is 0 Å². The maximum absolute atomic E-state index is 12.1. The highest BCUT2D eigenvalue weighted by atomic mass is 16.5. The van der Waals surface area contributed by atoms with E-state index in [1.165, 1.54) is 0 Å². The van der Waals surface area contributed by atoms with Crippen LogP contribution in [-0.2, 0) is 4.79 Å². The third-order valence-corrected chi connectivity index (χ3v) is 3.54. The van der Waals surface area contributed by atoms with E-state index in [4.69, 9.17) is 9.47 Å². The Hall–Kier alpha value is -3.01. The molecule has 0 heterocycles. The van der Waals surface area contributed by atoms with Gasteiger partial charge in [0.15, 0.2) is 18.1 Å². The molecular weight excluding hydrogens is 302 g/mol. The summed E-state index contributed by atoms with van der Waals surface area (Å²) in [7, 11) is 0. The number of hydrogen-bond acceptors (Lipinski definition) is 3. The number of hydrogen-bond donors (Lipinski definition) is 1. The average molecular weight is 321 g/mol. The minimum Gasteiger partial charge on any atom is -0.490 e. The predicted octanol–water partition coefficient (Wildman–Crippen LogP) is 4.26. The molecule has 0 atom stereocenters. The Morgan fingerprint density at radius 1 is 0.875 bits per heavy atom. The van der Waals surface area contributed by atoms with E-state index in [1.807, 2.05) is 67.6 Å². The first-order valence-electron chi connectivity index (χ1n) is 7.89. The summed E-state index contributed by atoms with van der Waals surface area (Å²) in [6, 6.07) is 21.1. The summed E-state index contributed by atoms with van der Waals surface area (Å²) in [6.07, 6.45) is 0. The van der Waals surface area contributed by atoms with Crippen molar-refractivity contribution in [3.8, 4) is 11.5 Å². The van der Waals surface area contributed by atoms with Gasteiger partial charge in [0.1, 0.15) is 0 Å². The lowest BCUT2D eigenvalue weighted by atomic mass is 10.1. The minimum atomic E-state index is -0.211. The van der Waals surface area contributed by atoms with Gasteiger partial charge in [0.05, 0.1) is 6.61 Å². The molecule has 3 rings (SSSR count). The van der Waals surface area contributed by atoms with E-state index in [1.54, 1.807) is 6.07 Å². The molecule has 0 aliphatic carbocycles. The molecule has 3 aromatic rings. The van der Waals surface area contributed by atoms with Gasteiger partial charge in [-0.15, -0.1) is 0 Å². The van der Waals surface area contributed by atoms with Crippen LogP contribution in [0.4, 0.5) is 5.69 Å². The Balaban J connectivity index is 1.63. The summed E-state index contributed by atoms with van der Waals surface area (Å²) in [5.41, 5.74) is 0.750. The number of fused-ring (bicyclic) bond motifs is 1. The van der Waals surface area contributed by atoms with Crippen LogP contribution in [0.15, 0.2) is 66.7 Å². The molecule has 1 amide bonds. The van der Waals surface area contributed by atoms with Crippen molar-refractivity contribution in [2.45, 2.75) is 6.92 Å². The number of anilines is 1. The molecule has 0 bridgehead atoms. The Kier molecular flexibility index (Phi) is 4.96. The lowest BCUT2D eigenvalue weighted by Gasteiger charge is -2.12. The maximum atomic E-state index is 12.1. The van der Waals surface area contributed by atoms with Crippen molar-refractivity contribution >= 4 is 22.4 Å². The van der Waals surface area contributed by atoms with Crippen molar-refractivity contribution in [1.29, 1.82) is 0 Å². The van der Waals surface area contributed by atoms with Crippen LogP contribution in [0.5, 0.6) is 11.5 Å². The van der Waals surface area contributed by atoms with E-state index < -0.39 is 0 Å². The molecule has 0 spiro atoms. The average Bonchev–Trinajstić information content (AvgIpc) is 2.61. The van der Waals surface area contributed by atoms with E-state index in [2.05, 4.69) is 5.32 Å². The van der Waals surface area contributed by atoms with Gasteiger partial charge in [-0.1, -0.05) is 42.5 Å². The normalized spacial score (nSPS) is 10.4. The van der Waals surface area contributed by atoms with Gasteiger partial charge in [0.2, 0.25) is 0 Å². The van der Waals surface area contributed by atoms with E-state index >= 15 is 0 Å². The van der Waals surface area contributed by atoms with Crippen molar-refractivity contribution in [3.63, 3.8) is 0 Å². The molecule has 0 saturated heterocycles. The lowest BCUT2D eigenvalue weighted by Crippen LogP contribution is -2.20. The summed E-state index contributed by atoms with van der Waals surface area (Å²) in [5.74, 6) is 0.989. The van der Waals surface area contributed by atoms with Gasteiger partial charge in [0.25, 0.3) is 5.91 Å². The van der Waals surface area contributed by atoms with Crippen LogP contribution in [-0.4, -0.2) is 19.1 Å². The van der Waals surface area contributed by atoms with Crippen molar-refractivity contribution in [2.24, 2.45) is 0 Å². The molecule has 3 aromatic carbocycles. The number of amides is 1. The Morgan fingerprint density at radius 2 is 1.54 bits per heavy atom. The fourth-order valence-corrected chi connectivity index (χ4v) is 2.45. The summed E-state index contributed by atoms with van der Waals surface area (Å²) in [4.78, 5) is 12.1. The summed E-state index contributed by atoms with van der Waals surface area (Å²) < 4.78 is 11.1. The van der Waals surface area contributed by atoms with Crippen LogP contribution in [0.1, 0.15) is 6.92 Å². The molecule has 0 aliphatic rings. The SMILES string of the molecule is CCOc1ccccc1OCC(=O)Nc1ccc2ccccc2c1. The monoisotopic (exact) mass is 321 g/mol. The van der Waals surface area contributed by atoms with Crippen LogP contribution in [0.3, 0.4) is 0 Å². The molecule has 4 heteroatoms. The highest BCUT2D eigenvalue weighted by molar-refractivity contribution is 5.95. The van der Waals surface area contributed by atoms with Crippen LogP contribution in [0.2, 0.25) is 0 Å². The molecule has 0 aliphatic heterocycles. The van der Waals surface area contributed by atoms with Gasteiger partial charge in [-0.25, -0.2) is 0 Å².